The maximum Gasteiger partial charge on any atom is 0.0617 e. The molecule has 0 radical (unpaired) electrons. The normalized spacial score (nSPS) is 20.6. The van der Waals surface area contributed by atoms with Crippen LogP contribution >= 0.6 is 0 Å². The molecule has 0 heterocycles. The average Bonchev–Trinajstić information content (AvgIpc) is 2.96. The topological polar surface area (TPSA) is 21.3 Å². The third kappa shape index (κ3) is 5.53. The van der Waals surface area contributed by atoms with Crippen LogP contribution in [0.15, 0.2) is 0 Å². The monoisotopic (exact) mass is 213 g/mol. The van der Waals surface area contributed by atoms with Crippen LogP contribution in [0.5, 0.6) is 0 Å². The van der Waals surface area contributed by atoms with Crippen molar-refractivity contribution in [1.82, 2.24) is 5.32 Å². The van der Waals surface area contributed by atoms with Crippen molar-refractivity contribution in [2.45, 2.75) is 59.0 Å². The first-order valence-corrected chi connectivity index (χ1v) is 6.47. The van der Waals surface area contributed by atoms with Crippen LogP contribution in [0.3, 0.4) is 0 Å². The summed E-state index contributed by atoms with van der Waals surface area (Å²) in [5, 5.41) is 3.68. The predicted octanol–water partition coefficient (Wildman–Crippen LogP) is 2.83. The summed E-state index contributed by atoms with van der Waals surface area (Å²) in [5.41, 5.74) is 0. The second-order valence-corrected chi connectivity index (χ2v) is 5.35. The molecule has 1 aliphatic rings. The van der Waals surface area contributed by atoms with Crippen molar-refractivity contribution in [2.24, 2.45) is 11.8 Å². The first-order chi connectivity index (χ1) is 7.13. The number of rotatable bonds is 8. The van der Waals surface area contributed by atoms with Gasteiger partial charge in [0, 0.05) is 18.7 Å². The van der Waals surface area contributed by atoms with Crippen LogP contribution in [0.4, 0.5) is 0 Å². The Bertz CT molecular complexity index is 166. The van der Waals surface area contributed by atoms with E-state index in [-0.39, 0.29) is 0 Å². The van der Waals surface area contributed by atoms with Gasteiger partial charge in [-0.25, -0.2) is 0 Å². The van der Waals surface area contributed by atoms with Crippen LogP contribution < -0.4 is 5.32 Å². The minimum Gasteiger partial charge on any atom is -0.380 e. The molecule has 1 N–H and O–H groups in total. The molecule has 2 atom stereocenters. The van der Waals surface area contributed by atoms with Crippen LogP contribution in [0.2, 0.25) is 0 Å². The fourth-order valence-electron chi connectivity index (χ4n) is 1.98. The zero-order chi connectivity index (χ0) is 11.3. The molecule has 15 heavy (non-hydrogen) atoms. The molecule has 0 aromatic carbocycles. The molecule has 0 aromatic heterocycles. The van der Waals surface area contributed by atoms with E-state index in [1.54, 1.807) is 0 Å². The van der Waals surface area contributed by atoms with E-state index >= 15 is 0 Å². The third-order valence-corrected chi connectivity index (χ3v) is 2.95. The van der Waals surface area contributed by atoms with Gasteiger partial charge in [0.2, 0.25) is 0 Å². The summed E-state index contributed by atoms with van der Waals surface area (Å²) in [4.78, 5) is 0. The van der Waals surface area contributed by atoms with E-state index in [2.05, 4.69) is 33.0 Å². The lowest BCUT2D eigenvalue weighted by atomic mass is 10.1. The van der Waals surface area contributed by atoms with Gasteiger partial charge in [0.25, 0.3) is 0 Å². The van der Waals surface area contributed by atoms with Crippen molar-refractivity contribution in [3.05, 3.63) is 0 Å². The molecule has 0 spiro atoms. The van der Waals surface area contributed by atoms with Crippen molar-refractivity contribution >= 4 is 0 Å². The smallest absolute Gasteiger partial charge is 0.0617 e. The maximum absolute atomic E-state index is 5.64. The highest BCUT2D eigenvalue weighted by Gasteiger charge is 2.30. The minimum absolute atomic E-state index is 0.495. The standard InChI is InChI=1S/C13H27NO/c1-5-13(12-6-7-12)14-11(4)9-15-8-10(2)3/h10-14H,5-9H2,1-4H3. The van der Waals surface area contributed by atoms with E-state index in [1.165, 1.54) is 19.3 Å². The van der Waals surface area contributed by atoms with Crippen molar-refractivity contribution in [3.8, 4) is 0 Å². The van der Waals surface area contributed by atoms with Crippen molar-refractivity contribution in [1.29, 1.82) is 0 Å². The molecule has 0 aliphatic heterocycles. The van der Waals surface area contributed by atoms with Gasteiger partial charge in [-0.05, 0) is 38.0 Å². The summed E-state index contributed by atoms with van der Waals surface area (Å²) in [6, 6.07) is 1.22. The van der Waals surface area contributed by atoms with Crippen molar-refractivity contribution in [3.63, 3.8) is 0 Å². The Hall–Kier alpha value is -0.0800. The van der Waals surface area contributed by atoms with E-state index < -0.39 is 0 Å². The quantitative estimate of drug-likeness (QED) is 0.669. The van der Waals surface area contributed by atoms with E-state index in [0.717, 1.165) is 25.2 Å². The molecular formula is C13H27NO. The molecule has 0 saturated heterocycles. The maximum atomic E-state index is 5.64. The first-order valence-electron chi connectivity index (χ1n) is 6.47. The van der Waals surface area contributed by atoms with Crippen LogP contribution in [0.1, 0.15) is 47.0 Å². The van der Waals surface area contributed by atoms with E-state index in [4.69, 9.17) is 4.74 Å². The SMILES string of the molecule is CCC(NC(C)COCC(C)C)C1CC1. The largest absolute Gasteiger partial charge is 0.380 e. The molecule has 0 amide bonds. The average molecular weight is 213 g/mol. The molecule has 90 valence electrons. The first kappa shape index (κ1) is 13.0. The Kier molecular flexibility index (Phi) is 5.62. The highest BCUT2D eigenvalue weighted by molar-refractivity contribution is 4.86. The Morgan fingerprint density at radius 2 is 1.87 bits per heavy atom. The summed E-state index contributed by atoms with van der Waals surface area (Å²) in [6.07, 6.45) is 4.09. The van der Waals surface area contributed by atoms with Gasteiger partial charge in [0.05, 0.1) is 6.61 Å². The van der Waals surface area contributed by atoms with Crippen LogP contribution in [-0.4, -0.2) is 25.3 Å². The summed E-state index contributed by atoms with van der Waals surface area (Å²) in [7, 11) is 0. The lowest BCUT2D eigenvalue weighted by Gasteiger charge is -2.22. The van der Waals surface area contributed by atoms with E-state index in [1.807, 2.05) is 0 Å². The fourth-order valence-corrected chi connectivity index (χ4v) is 1.98. The molecule has 1 rings (SSSR count). The van der Waals surface area contributed by atoms with Gasteiger partial charge in [-0.1, -0.05) is 20.8 Å². The van der Waals surface area contributed by atoms with Gasteiger partial charge in [0.15, 0.2) is 0 Å². The number of hydrogen-bond donors (Lipinski definition) is 1. The zero-order valence-electron chi connectivity index (χ0n) is 10.8. The fraction of sp³-hybridized carbons (Fsp3) is 1.00. The Balaban J connectivity index is 2.08. The molecule has 0 bridgehead atoms. The lowest BCUT2D eigenvalue weighted by molar-refractivity contribution is 0.0899. The number of ether oxygens (including phenoxy) is 1. The lowest BCUT2D eigenvalue weighted by Crippen LogP contribution is -2.40. The summed E-state index contributed by atoms with van der Waals surface area (Å²) in [5.74, 6) is 1.59. The second-order valence-electron chi connectivity index (χ2n) is 5.35. The van der Waals surface area contributed by atoms with Crippen molar-refractivity contribution < 1.29 is 4.74 Å². The second kappa shape index (κ2) is 6.49. The molecule has 0 aromatic rings. The van der Waals surface area contributed by atoms with Crippen LogP contribution in [0, 0.1) is 11.8 Å². The van der Waals surface area contributed by atoms with Gasteiger partial charge in [-0.3, -0.25) is 0 Å². The molecule has 2 heteroatoms. The van der Waals surface area contributed by atoms with E-state index in [0.29, 0.717) is 12.0 Å². The van der Waals surface area contributed by atoms with Gasteiger partial charge >= 0.3 is 0 Å². The van der Waals surface area contributed by atoms with Gasteiger partial charge < -0.3 is 10.1 Å². The van der Waals surface area contributed by atoms with Gasteiger partial charge in [0.1, 0.15) is 0 Å². The predicted molar refractivity (Wildman–Crippen MR) is 65.1 cm³/mol. The van der Waals surface area contributed by atoms with Gasteiger partial charge in [-0.15, -0.1) is 0 Å². The minimum atomic E-state index is 0.495. The molecule has 1 aliphatic carbocycles. The van der Waals surface area contributed by atoms with Crippen molar-refractivity contribution in [2.75, 3.05) is 13.2 Å². The Morgan fingerprint density at radius 1 is 1.20 bits per heavy atom. The summed E-state index contributed by atoms with van der Waals surface area (Å²) >= 11 is 0. The van der Waals surface area contributed by atoms with Crippen LogP contribution in [0.25, 0.3) is 0 Å². The molecule has 1 fully saturated rings. The zero-order valence-corrected chi connectivity index (χ0v) is 10.8. The number of hydrogen-bond acceptors (Lipinski definition) is 2. The Morgan fingerprint density at radius 3 is 2.33 bits per heavy atom. The highest BCUT2D eigenvalue weighted by Crippen LogP contribution is 2.34. The molecule has 1 saturated carbocycles. The highest BCUT2D eigenvalue weighted by atomic mass is 16.5. The van der Waals surface area contributed by atoms with Crippen LogP contribution in [-0.2, 0) is 4.74 Å². The Labute approximate surface area is 94.8 Å². The summed E-state index contributed by atoms with van der Waals surface area (Å²) in [6.45, 7) is 10.6. The van der Waals surface area contributed by atoms with E-state index in [9.17, 15) is 0 Å². The van der Waals surface area contributed by atoms with Gasteiger partial charge in [-0.2, -0.15) is 0 Å². The number of nitrogens with one attached hydrogen (secondary N) is 1. The molecule has 2 unspecified atom stereocenters. The molecule has 2 nitrogen and oxygen atoms in total. The summed E-state index contributed by atoms with van der Waals surface area (Å²) < 4.78 is 5.64. The third-order valence-electron chi connectivity index (χ3n) is 2.95. The molecular weight excluding hydrogens is 186 g/mol.